The Hall–Kier alpha value is -1.63. The molecule has 2 fully saturated rings. The number of aliphatic hydroxyl groups excluding tert-OH is 1. The van der Waals surface area contributed by atoms with Gasteiger partial charge in [-0.1, -0.05) is 18.2 Å². The molecule has 1 aromatic rings. The number of carboxylic acid groups (broad SMARTS) is 2. The molecule has 0 radical (unpaired) electrons. The van der Waals surface area contributed by atoms with Gasteiger partial charge in [-0.05, 0) is 19.4 Å². The predicted molar refractivity (Wildman–Crippen MR) is 107 cm³/mol. The fraction of sp³-hybridized carbons (Fsp3) is 0.500. The van der Waals surface area contributed by atoms with Gasteiger partial charge in [-0.2, -0.15) is 0 Å². The minimum Gasteiger partial charge on any atom is -0.543 e. The molecular weight excluding hydrogens is 449 g/mol. The van der Waals surface area contributed by atoms with Crippen molar-refractivity contribution in [2.45, 2.75) is 43.7 Å². The third-order valence-corrected chi connectivity index (χ3v) is 7.47. The molecule has 3 aliphatic heterocycles. The van der Waals surface area contributed by atoms with Gasteiger partial charge in [-0.3, -0.25) is 4.79 Å². The molecule has 166 valence electrons. The van der Waals surface area contributed by atoms with Gasteiger partial charge < -0.3 is 34.9 Å². The van der Waals surface area contributed by atoms with E-state index in [0.29, 0.717) is 23.6 Å². The molecular formula is C20H22N3NaO7S. The first-order valence-electron chi connectivity index (χ1n) is 9.94. The number of hydrogen-bond acceptors (Lipinski definition) is 9. The van der Waals surface area contributed by atoms with Crippen molar-refractivity contribution >= 4 is 35.7 Å². The van der Waals surface area contributed by atoms with Crippen LogP contribution < -0.4 is 40.0 Å². The SMILES string of the molecule is C[C@@H](O)[C@H]1C(=O)N2C(C(=O)O)=C(S[C@@H]3CN[C@H](/C=C/c4cc(C(=O)[O-])no4)C3)[C@H](C)[C@H]12.[Na+]. The number of hydrogen-bond donors (Lipinski definition) is 3. The molecule has 1 amide bonds. The second-order valence-electron chi connectivity index (χ2n) is 8.02. The van der Waals surface area contributed by atoms with Crippen molar-refractivity contribution in [3.05, 3.63) is 34.2 Å². The van der Waals surface area contributed by atoms with E-state index in [-0.39, 0.29) is 70.1 Å². The molecule has 0 aliphatic carbocycles. The zero-order valence-corrected chi connectivity index (χ0v) is 20.7. The van der Waals surface area contributed by atoms with Crippen LogP contribution in [0.2, 0.25) is 0 Å². The van der Waals surface area contributed by atoms with Crippen LogP contribution in [0.5, 0.6) is 0 Å². The average Bonchev–Trinajstić information content (AvgIpc) is 3.39. The second kappa shape index (κ2) is 9.70. The van der Waals surface area contributed by atoms with Crippen LogP contribution in [-0.2, 0) is 9.59 Å². The van der Waals surface area contributed by atoms with E-state index in [4.69, 9.17) is 4.52 Å². The minimum absolute atomic E-state index is 0. The van der Waals surface area contributed by atoms with Gasteiger partial charge in [0, 0.05) is 34.7 Å². The number of carboxylic acids is 2. The summed E-state index contributed by atoms with van der Waals surface area (Å²) in [6.45, 7) is 4.10. The van der Waals surface area contributed by atoms with Crippen molar-refractivity contribution in [3.8, 4) is 0 Å². The quantitative estimate of drug-likeness (QED) is 0.272. The predicted octanol–water partition coefficient (Wildman–Crippen LogP) is -3.33. The number of thioether (sulfide) groups is 1. The smallest absolute Gasteiger partial charge is 0.543 e. The number of nitrogens with zero attached hydrogens (tertiary/aromatic N) is 2. The Bertz CT molecular complexity index is 992. The van der Waals surface area contributed by atoms with E-state index >= 15 is 0 Å². The number of β-lactam (4-membered cyclic amide) rings is 1. The molecule has 3 N–H and O–H groups in total. The number of aliphatic hydroxyl groups is 1. The van der Waals surface area contributed by atoms with Crippen molar-refractivity contribution in [1.29, 1.82) is 0 Å². The van der Waals surface area contributed by atoms with Gasteiger partial charge in [0.05, 0.1) is 24.0 Å². The van der Waals surface area contributed by atoms with E-state index in [2.05, 4.69) is 10.5 Å². The van der Waals surface area contributed by atoms with E-state index in [9.17, 15) is 29.7 Å². The van der Waals surface area contributed by atoms with E-state index < -0.39 is 24.0 Å². The van der Waals surface area contributed by atoms with E-state index in [0.717, 1.165) is 0 Å². The monoisotopic (exact) mass is 471 g/mol. The van der Waals surface area contributed by atoms with Crippen molar-refractivity contribution in [2.24, 2.45) is 11.8 Å². The van der Waals surface area contributed by atoms with E-state index in [1.165, 1.54) is 22.7 Å². The maximum Gasteiger partial charge on any atom is 1.00 e. The number of amides is 1. The molecule has 0 spiro atoms. The summed E-state index contributed by atoms with van der Waals surface area (Å²) in [6, 6.07) is 0.941. The average molecular weight is 471 g/mol. The first-order chi connectivity index (χ1) is 14.7. The summed E-state index contributed by atoms with van der Waals surface area (Å²) in [5.74, 6) is -3.33. The minimum atomic E-state index is -1.41. The topological polar surface area (TPSA) is 156 Å². The largest absolute Gasteiger partial charge is 1.00 e. The Morgan fingerprint density at radius 1 is 1.47 bits per heavy atom. The van der Waals surface area contributed by atoms with Gasteiger partial charge in [-0.15, -0.1) is 11.8 Å². The van der Waals surface area contributed by atoms with Gasteiger partial charge in [0.2, 0.25) is 5.91 Å². The zero-order chi connectivity index (χ0) is 22.4. The Kier molecular flexibility index (Phi) is 7.58. The van der Waals surface area contributed by atoms with Crippen molar-refractivity contribution in [2.75, 3.05) is 6.54 Å². The molecule has 12 heteroatoms. The number of fused-ring (bicyclic) bond motifs is 1. The summed E-state index contributed by atoms with van der Waals surface area (Å²) >= 11 is 1.46. The van der Waals surface area contributed by atoms with E-state index in [1.54, 1.807) is 13.0 Å². The number of nitrogens with one attached hydrogen (secondary N) is 1. The number of aromatic nitrogens is 1. The molecule has 4 rings (SSSR count). The van der Waals surface area contributed by atoms with Crippen LogP contribution >= 0.6 is 11.8 Å². The Labute approximate surface area is 210 Å². The van der Waals surface area contributed by atoms with Gasteiger partial charge in [0.1, 0.15) is 11.4 Å². The summed E-state index contributed by atoms with van der Waals surface area (Å²) in [5, 5.41) is 37.2. The number of aromatic carboxylic acids is 1. The fourth-order valence-electron chi connectivity index (χ4n) is 4.50. The molecule has 1 aromatic heterocycles. The Morgan fingerprint density at radius 3 is 2.78 bits per heavy atom. The number of aliphatic carboxylic acids is 1. The molecule has 2 saturated heterocycles. The summed E-state index contributed by atoms with van der Waals surface area (Å²) in [7, 11) is 0. The van der Waals surface area contributed by atoms with Crippen molar-refractivity contribution in [1.82, 2.24) is 15.4 Å². The van der Waals surface area contributed by atoms with Crippen LogP contribution in [0.4, 0.5) is 0 Å². The number of carbonyl (C=O) groups is 3. The van der Waals surface area contributed by atoms with Gasteiger partial charge in [-0.25, -0.2) is 4.79 Å². The van der Waals surface area contributed by atoms with Crippen LogP contribution in [0.1, 0.15) is 36.5 Å². The normalized spacial score (nSPS) is 30.3. The van der Waals surface area contributed by atoms with Crippen molar-refractivity contribution in [3.63, 3.8) is 0 Å². The standard InChI is InChI=1S/C20H23N3O7S.Na/c1-8-15-14(9(2)24)18(25)23(15)16(20(28)29)17(8)31-12-5-10(21-7-12)3-4-11-6-13(19(26)27)22-30-11;/h3-4,6,8-10,12,14-15,21,24H,5,7H2,1-2H3,(H,26,27)(H,28,29);/q;+1/p-1/b4-3+;/t8-,9-,10-,12+,14-,15-;/m1./s1. The Balaban J connectivity index is 0.00000289. The van der Waals surface area contributed by atoms with Gasteiger partial charge >= 0.3 is 35.5 Å². The van der Waals surface area contributed by atoms with Crippen molar-refractivity contribution < 1.29 is 63.8 Å². The molecule has 0 bridgehead atoms. The van der Waals surface area contributed by atoms with Crippen LogP contribution in [0, 0.1) is 11.8 Å². The van der Waals surface area contributed by atoms with Crippen LogP contribution in [0.25, 0.3) is 6.08 Å². The van der Waals surface area contributed by atoms with Crippen LogP contribution in [0.3, 0.4) is 0 Å². The maximum absolute atomic E-state index is 12.4. The first-order valence-corrected chi connectivity index (χ1v) is 10.8. The molecule has 32 heavy (non-hydrogen) atoms. The third-order valence-electron chi connectivity index (χ3n) is 5.96. The summed E-state index contributed by atoms with van der Waals surface area (Å²) in [6.07, 6.45) is 3.35. The van der Waals surface area contributed by atoms with Crippen LogP contribution in [0.15, 0.2) is 27.3 Å². The van der Waals surface area contributed by atoms with E-state index in [1.807, 2.05) is 13.0 Å². The third kappa shape index (κ3) is 4.42. The molecule has 0 saturated carbocycles. The zero-order valence-electron chi connectivity index (χ0n) is 17.8. The summed E-state index contributed by atoms with van der Waals surface area (Å²) in [4.78, 5) is 37.1. The second-order valence-corrected chi connectivity index (χ2v) is 9.37. The maximum atomic E-state index is 12.4. The number of carbonyl (C=O) groups excluding carboxylic acids is 2. The molecule has 4 heterocycles. The van der Waals surface area contributed by atoms with Gasteiger partial charge in [0.25, 0.3) is 0 Å². The molecule has 3 aliphatic rings. The number of rotatable bonds is 7. The summed E-state index contributed by atoms with van der Waals surface area (Å²) in [5.41, 5.74) is -0.245. The van der Waals surface area contributed by atoms with Crippen LogP contribution in [-0.4, -0.2) is 68.1 Å². The molecule has 0 unspecified atom stereocenters. The Morgan fingerprint density at radius 2 is 2.19 bits per heavy atom. The van der Waals surface area contributed by atoms with Gasteiger partial charge in [0.15, 0.2) is 5.76 Å². The molecule has 10 nitrogen and oxygen atoms in total. The fourth-order valence-corrected chi connectivity index (χ4v) is 6.00. The molecule has 0 aromatic carbocycles. The first kappa shape index (κ1) is 25.0. The molecule has 6 atom stereocenters. The summed E-state index contributed by atoms with van der Waals surface area (Å²) < 4.78 is 4.92.